The molecule has 1 saturated carbocycles. The van der Waals surface area contributed by atoms with Crippen LogP contribution in [-0.4, -0.2) is 37.8 Å². The molecule has 0 unspecified atom stereocenters. The summed E-state index contributed by atoms with van der Waals surface area (Å²) < 4.78 is 3.45. The van der Waals surface area contributed by atoms with Gasteiger partial charge in [-0.15, -0.1) is 0 Å². The number of hydrogen-bond acceptors (Lipinski definition) is 4. The molecule has 1 aliphatic heterocycles. The Morgan fingerprint density at radius 1 is 1.09 bits per heavy atom. The molecule has 0 atom stereocenters. The lowest BCUT2D eigenvalue weighted by Crippen LogP contribution is -2.42. The summed E-state index contributed by atoms with van der Waals surface area (Å²) in [5, 5.41) is 9.47. The first kappa shape index (κ1) is 20.9. The highest BCUT2D eigenvalue weighted by molar-refractivity contribution is 5.97. The number of rotatable bonds is 2. The molecule has 1 amide bonds. The van der Waals surface area contributed by atoms with Crippen LogP contribution in [0.2, 0.25) is 0 Å². The first-order valence-electron chi connectivity index (χ1n) is 11.9. The minimum Gasteiger partial charge on any atom is -0.339 e. The van der Waals surface area contributed by atoms with E-state index in [1.807, 2.05) is 28.5 Å². The molecule has 1 saturated heterocycles. The molecular weight excluding hydrogens is 402 g/mol. The largest absolute Gasteiger partial charge is 0.339 e. The zero-order valence-corrected chi connectivity index (χ0v) is 18.9. The van der Waals surface area contributed by atoms with Crippen molar-refractivity contribution in [1.29, 1.82) is 5.41 Å². The van der Waals surface area contributed by atoms with Gasteiger partial charge in [-0.2, -0.15) is 0 Å². The number of amides is 1. The van der Waals surface area contributed by atoms with E-state index in [1.54, 1.807) is 16.7 Å². The molecule has 2 aliphatic rings. The number of carbonyl (C=O) groups excluding carboxylic acids is 1. The lowest BCUT2D eigenvalue weighted by molar-refractivity contribution is 0.0694. The topological polar surface area (TPSA) is 83.5 Å². The zero-order valence-electron chi connectivity index (χ0n) is 18.9. The summed E-state index contributed by atoms with van der Waals surface area (Å²) in [6.07, 6.45) is 8.93. The van der Waals surface area contributed by atoms with E-state index in [4.69, 9.17) is 10.4 Å². The predicted molar refractivity (Wildman–Crippen MR) is 124 cm³/mol. The SMILES string of the molecule is Cc1cccn2c(=O)c3cc(C(=O)N4CCC(C)CC4)c(=N)n(C4CCCCC4)c3nc12. The van der Waals surface area contributed by atoms with E-state index in [0.29, 0.717) is 41.3 Å². The first-order chi connectivity index (χ1) is 15.5. The van der Waals surface area contributed by atoms with E-state index in [9.17, 15) is 9.59 Å². The van der Waals surface area contributed by atoms with Gasteiger partial charge in [0.05, 0.1) is 10.9 Å². The Balaban J connectivity index is 1.77. The summed E-state index contributed by atoms with van der Waals surface area (Å²) in [5.74, 6) is 0.476. The van der Waals surface area contributed by atoms with Crippen LogP contribution in [0.1, 0.15) is 73.8 Å². The number of piperidine rings is 1. The molecule has 1 aliphatic carbocycles. The highest BCUT2D eigenvalue weighted by atomic mass is 16.2. The van der Waals surface area contributed by atoms with E-state index >= 15 is 0 Å². The summed E-state index contributed by atoms with van der Waals surface area (Å²) in [5.41, 5.74) is 2.39. The van der Waals surface area contributed by atoms with Gasteiger partial charge < -0.3 is 9.47 Å². The molecule has 0 spiro atoms. The maximum Gasteiger partial charge on any atom is 0.267 e. The molecular formula is C25H31N5O2. The number of likely N-dealkylation sites (tertiary alicyclic amines) is 1. The number of carbonyl (C=O) groups is 1. The van der Waals surface area contributed by atoms with Crippen LogP contribution < -0.4 is 11.0 Å². The lowest BCUT2D eigenvalue weighted by atomic mass is 9.94. The number of aryl methyl sites for hydroxylation is 1. The van der Waals surface area contributed by atoms with Gasteiger partial charge in [0.2, 0.25) is 0 Å². The standard InChI is InChI=1S/C25H31N5O2/c1-16-10-13-28(14-11-16)24(31)19-15-20-23(30(21(19)26)18-8-4-3-5-9-18)27-22-17(2)7-6-12-29(22)25(20)32/h6-7,12,15-16,18,26H,3-5,8-11,13-14H2,1-2H3. The smallest absolute Gasteiger partial charge is 0.267 e. The molecule has 1 N–H and O–H groups in total. The quantitative estimate of drug-likeness (QED) is 0.624. The third-order valence-corrected chi connectivity index (χ3v) is 7.32. The van der Waals surface area contributed by atoms with Gasteiger partial charge >= 0.3 is 0 Å². The Labute approximate surface area is 187 Å². The molecule has 0 bridgehead atoms. The molecule has 2 fully saturated rings. The molecule has 168 valence electrons. The van der Waals surface area contributed by atoms with E-state index in [0.717, 1.165) is 44.1 Å². The third-order valence-electron chi connectivity index (χ3n) is 7.32. The summed E-state index contributed by atoms with van der Waals surface area (Å²) >= 11 is 0. The van der Waals surface area contributed by atoms with Crippen molar-refractivity contribution in [2.24, 2.45) is 5.92 Å². The van der Waals surface area contributed by atoms with Crippen LogP contribution in [0, 0.1) is 18.3 Å². The molecule has 7 heteroatoms. The summed E-state index contributed by atoms with van der Waals surface area (Å²) in [4.78, 5) is 33.7. The van der Waals surface area contributed by atoms with Crippen LogP contribution in [0.15, 0.2) is 29.2 Å². The van der Waals surface area contributed by atoms with Crippen LogP contribution in [0.4, 0.5) is 0 Å². The molecule has 3 aromatic heterocycles. The highest BCUT2D eigenvalue weighted by Gasteiger charge is 2.27. The fourth-order valence-electron chi connectivity index (χ4n) is 5.30. The van der Waals surface area contributed by atoms with E-state index in [1.165, 1.54) is 6.42 Å². The molecule has 4 heterocycles. The predicted octanol–water partition coefficient (Wildman–Crippen LogP) is 3.81. The Kier molecular flexibility index (Phi) is 5.35. The average Bonchev–Trinajstić information content (AvgIpc) is 2.80. The van der Waals surface area contributed by atoms with Crippen LogP contribution in [0.5, 0.6) is 0 Å². The Morgan fingerprint density at radius 3 is 2.53 bits per heavy atom. The fraction of sp³-hybridized carbons (Fsp3) is 0.520. The van der Waals surface area contributed by atoms with Crippen molar-refractivity contribution < 1.29 is 4.79 Å². The molecule has 5 rings (SSSR count). The van der Waals surface area contributed by atoms with Crippen molar-refractivity contribution in [1.82, 2.24) is 18.9 Å². The van der Waals surface area contributed by atoms with Crippen molar-refractivity contribution in [2.45, 2.75) is 64.8 Å². The van der Waals surface area contributed by atoms with Crippen molar-refractivity contribution in [3.63, 3.8) is 0 Å². The van der Waals surface area contributed by atoms with Gasteiger partial charge in [0, 0.05) is 25.3 Å². The number of nitrogens with one attached hydrogen (secondary N) is 1. The number of aromatic nitrogens is 3. The Hall–Kier alpha value is -2.96. The van der Waals surface area contributed by atoms with Gasteiger partial charge in [0.1, 0.15) is 16.8 Å². The van der Waals surface area contributed by atoms with Crippen molar-refractivity contribution in [3.8, 4) is 0 Å². The van der Waals surface area contributed by atoms with Gasteiger partial charge in [-0.3, -0.25) is 19.4 Å². The van der Waals surface area contributed by atoms with E-state index in [2.05, 4.69) is 6.92 Å². The van der Waals surface area contributed by atoms with Crippen LogP contribution in [0.3, 0.4) is 0 Å². The molecule has 32 heavy (non-hydrogen) atoms. The Bertz CT molecular complexity index is 1310. The number of fused-ring (bicyclic) bond motifs is 2. The second-order valence-corrected chi connectivity index (χ2v) is 9.58. The van der Waals surface area contributed by atoms with Gasteiger partial charge in [0.15, 0.2) is 0 Å². The zero-order chi connectivity index (χ0) is 22.4. The van der Waals surface area contributed by atoms with Crippen LogP contribution in [-0.2, 0) is 0 Å². The molecule has 7 nitrogen and oxygen atoms in total. The Morgan fingerprint density at radius 2 is 1.81 bits per heavy atom. The summed E-state index contributed by atoms with van der Waals surface area (Å²) in [6.45, 7) is 5.56. The van der Waals surface area contributed by atoms with E-state index < -0.39 is 0 Å². The van der Waals surface area contributed by atoms with Gasteiger partial charge in [0.25, 0.3) is 11.5 Å². The van der Waals surface area contributed by atoms with Crippen molar-refractivity contribution in [2.75, 3.05) is 13.1 Å². The highest BCUT2D eigenvalue weighted by Crippen LogP contribution is 2.29. The summed E-state index contributed by atoms with van der Waals surface area (Å²) in [6, 6.07) is 5.50. The van der Waals surface area contributed by atoms with Gasteiger partial charge in [-0.1, -0.05) is 32.3 Å². The molecule has 3 aromatic rings. The first-order valence-corrected chi connectivity index (χ1v) is 11.9. The molecule has 0 radical (unpaired) electrons. The lowest BCUT2D eigenvalue weighted by Gasteiger charge is -2.31. The summed E-state index contributed by atoms with van der Waals surface area (Å²) in [7, 11) is 0. The van der Waals surface area contributed by atoms with Crippen molar-refractivity contribution >= 4 is 22.6 Å². The fourth-order valence-corrected chi connectivity index (χ4v) is 5.30. The second-order valence-electron chi connectivity index (χ2n) is 9.58. The minimum absolute atomic E-state index is 0.0891. The van der Waals surface area contributed by atoms with Crippen molar-refractivity contribution in [3.05, 3.63) is 51.4 Å². The molecule has 0 aromatic carbocycles. The van der Waals surface area contributed by atoms with Crippen LogP contribution >= 0.6 is 0 Å². The maximum absolute atomic E-state index is 13.5. The minimum atomic E-state index is -0.181. The number of hydrogen-bond donors (Lipinski definition) is 1. The van der Waals surface area contributed by atoms with E-state index in [-0.39, 0.29) is 23.0 Å². The second kappa shape index (κ2) is 8.19. The van der Waals surface area contributed by atoms with Gasteiger partial charge in [-0.25, -0.2) is 4.98 Å². The van der Waals surface area contributed by atoms with Gasteiger partial charge in [-0.05, 0) is 56.2 Å². The third kappa shape index (κ3) is 3.44. The maximum atomic E-state index is 13.5. The van der Waals surface area contributed by atoms with Crippen LogP contribution in [0.25, 0.3) is 16.7 Å². The average molecular weight is 434 g/mol. The normalized spacial score (nSPS) is 18.5. The number of nitrogens with zero attached hydrogens (tertiary/aromatic N) is 4. The number of pyridine rings is 2. The monoisotopic (exact) mass is 433 g/mol.